The molecule has 0 amide bonds. The van der Waals surface area contributed by atoms with E-state index >= 15 is 0 Å². The molecule has 1 aromatic heterocycles. The van der Waals surface area contributed by atoms with Crippen molar-refractivity contribution in [3.8, 4) is 0 Å². The maximum absolute atomic E-state index is 9.70. The second-order valence-corrected chi connectivity index (χ2v) is 4.95. The van der Waals surface area contributed by atoms with Gasteiger partial charge in [-0.15, -0.1) is 11.3 Å². The number of thiazole rings is 1. The fourth-order valence-corrected chi connectivity index (χ4v) is 2.42. The summed E-state index contributed by atoms with van der Waals surface area (Å²) in [6.45, 7) is 5.38. The lowest BCUT2D eigenvalue weighted by Gasteiger charge is -2.14. The van der Waals surface area contributed by atoms with Crippen LogP contribution in [0.2, 0.25) is 0 Å². The van der Waals surface area contributed by atoms with Crippen LogP contribution in [0, 0.1) is 6.92 Å². The molecule has 0 aliphatic heterocycles. The van der Waals surface area contributed by atoms with E-state index in [1.165, 1.54) is 11.3 Å². The van der Waals surface area contributed by atoms with E-state index in [0.29, 0.717) is 0 Å². The second kappa shape index (κ2) is 3.33. The third kappa shape index (κ3) is 1.98. The Morgan fingerprint density at radius 1 is 1.58 bits per heavy atom. The number of hydrogen-bond acceptors (Lipinski definition) is 5. The molecule has 1 aromatic rings. The molecule has 68 valence electrons. The van der Waals surface area contributed by atoms with Gasteiger partial charge in [0.25, 0.3) is 0 Å². The van der Waals surface area contributed by atoms with Crippen LogP contribution in [0.15, 0.2) is 4.34 Å². The summed E-state index contributed by atoms with van der Waals surface area (Å²) in [6, 6.07) is 0. The first-order chi connectivity index (χ1) is 5.45. The first-order valence-electron chi connectivity index (χ1n) is 3.52. The predicted octanol–water partition coefficient (Wildman–Crippen LogP) is 1.64. The number of hydrogen-bond donors (Lipinski definition) is 2. The Bertz CT molecular complexity index is 277. The molecule has 0 bridgehead atoms. The van der Waals surface area contributed by atoms with Crippen LogP contribution in [0.4, 0.5) is 0 Å². The average molecular weight is 204 g/mol. The van der Waals surface area contributed by atoms with Crippen molar-refractivity contribution in [3.63, 3.8) is 0 Å². The van der Waals surface area contributed by atoms with Crippen molar-refractivity contribution < 1.29 is 5.11 Å². The molecule has 0 unspecified atom stereocenters. The molecule has 1 rings (SSSR count). The van der Waals surface area contributed by atoms with Crippen LogP contribution >= 0.6 is 23.3 Å². The first kappa shape index (κ1) is 9.98. The zero-order chi connectivity index (χ0) is 9.35. The molecule has 5 heteroatoms. The minimum absolute atomic E-state index is 0.796. The SMILES string of the molecule is Cc1nc(SN)sc1C(C)(C)O. The molecule has 3 N–H and O–H groups in total. The van der Waals surface area contributed by atoms with Crippen LogP contribution in [0.25, 0.3) is 0 Å². The van der Waals surface area contributed by atoms with Gasteiger partial charge in [-0.25, -0.2) is 4.98 Å². The van der Waals surface area contributed by atoms with E-state index in [4.69, 9.17) is 5.14 Å². The van der Waals surface area contributed by atoms with E-state index in [1.54, 1.807) is 13.8 Å². The molecular weight excluding hydrogens is 192 g/mol. The molecule has 0 radical (unpaired) electrons. The standard InChI is InChI=1S/C7H12N2OS2/c1-4-5(7(2,3)10)11-6(9-4)12-8/h10H,8H2,1-3H3. The van der Waals surface area contributed by atoms with E-state index in [2.05, 4.69) is 4.98 Å². The van der Waals surface area contributed by atoms with Gasteiger partial charge in [-0.2, -0.15) is 0 Å². The highest BCUT2D eigenvalue weighted by molar-refractivity contribution is 7.98. The summed E-state index contributed by atoms with van der Waals surface area (Å²) in [7, 11) is 0. The zero-order valence-corrected chi connectivity index (χ0v) is 8.92. The van der Waals surface area contributed by atoms with Crippen molar-refractivity contribution in [2.24, 2.45) is 5.14 Å². The van der Waals surface area contributed by atoms with Crippen molar-refractivity contribution in [1.82, 2.24) is 4.98 Å². The number of aryl methyl sites for hydroxylation is 1. The largest absolute Gasteiger partial charge is 0.385 e. The Hall–Kier alpha value is -0.100. The lowest BCUT2D eigenvalue weighted by Crippen LogP contribution is -2.14. The van der Waals surface area contributed by atoms with Crippen LogP contribution in [0.3, 0.4) is 0 Å². The smallest absolute Gasteiger partial charge is 0.165 e. The van der Waals surface area contributed by atoms with Gasteiger partial charge in [-0.1, -0.05) is 0 Å². The lowest BCUT2D eigenvalue weighted by molar-refractivity contribution is 0.0817. The molecular formula is C7H12N2OS2. The van der Waals surface area contributed by atoms with Gasteiger partial charge in [0.05, 0.1) is 16.2 Å². The van der Waals surface area contributed by atoms with Gasteiger partial charge < -0.3 is 5.11 Å². The number of nitrogens with zero attached hydrogens (tertiary/aromatic N) is 1. The van der Waals surface area contributed by atoms with E-state index in [-0.39, 0.29) is 0 Å². The first-order valence-corrected chi connectivity index (χ1v) is 5.22. The van der Waals surface area contributed by atoms with Crippen LogP contribution < -0.4 is 5.14 Å². The average Bonchev–Trinajstić information content (AvgIpc) is 2.29. The van der Waals surface area contributed by atoms with Gasteiger partial charge in [0.15, 0.2) is 4.34 Å². The maximum atomic E-state index is 9.70. The molecule has 0 aromatic carbocycles. The Balaban J connectivity index is 3.08. The predicted molar refractivity (Wildman–Crippen MR) is 52.1 cm³/mol. The summed E-state index contributed by atoms with van der Waals surface area (Å²) in [6.07, 6.45) is 0. The van der Waals surface area contributed by atoms with Gasteiger partial charge in [0.2, 0.25) is 0 Å². The van der Waals surface area contributed by atoms with Gasteiger partial charge in [0, 0.05) is 0 Å². The van der Waals surface area contributed by atoms with Crippen LogP contribution in [0.1, 0.15) is 24.4 Å². The lowest BCUT2D eigenvalue weighted by atomic mass is 10.1. The highest BCUT2D eigenvalue weighted by Gasteiger charge is 2.22. The molecule has 0 spiro atoms. The molecule has 0 aliphatic carbocycles. The van der Waals surface area contributed by atoms with Crippen LogP contribution in [0.5, 0.6) is 0 Å². The minimum atomic E-state index is -0.810. The van der Waals surface area contributed by atoms with Crippen molar-refractivity contribution in [2.45, 2.75) is 30.7 Å². The van der Waals surface area contributed by atoms with E-state index < -0.39 is 5.60 Å². The summed E-state index contributed by atoms with van der Waals surface area (Å²) in [5.74, 6) is 0. The monoisotopic (exact) mass is 204 g/mol. The second-order valence-electron chi connectivity index (χ2n) is 3.07. The van der Waals surface area contributed by atoms with Crippen LogP contribution in [-0.4, -0.2) is 10.1 Å². The highest BCUT2D eigenvalue weighted by atomic mass is 32.2. The topological polar surface area (TPSA) is 59.1 Å². The quantitative estimate of drug-likeness (QED) is 0.719. The van der Waals surface area contributed by atoms with E-state index in [9.17, 15) is 5.11 Å². The zero-order valence-electron chi connectivity index (χ0n) is 7.29. The molecule has 12 heavy (non-hydrogen) atoms. The number of aliphatic hydroxyl groups is 1. The molecule has 0 aliphatic rings. The molecule has 0 fully saturated rings. The Morgan fingerprint density at radius 2 is 2.17 bits per heavy atom. The fourth-order valence-electron chi connectivity index (χ4n) is 0.990. The molecule has 0 saturated heterocycles. The molecule has 1 heterocycles. The fraction of sp³-hybridized carbons (Fsp3) is 0.571. The van der Waals surface area contributed by atoms with Crippen molar-refractivity contribution in [1.29, 1.82) is 0 Å². The van der Waals surface area contributed by atoms with E-state index in [0.717, 1.165) is 26.9 Å². The molecule has 3 nitrogen and oxygen atoms in total. The third-order valence-electron chi connectivity index (χ3n) is 1.43. The van der Waals surface area contributed by atoms with Crippen LogP contribution in [-0.2, 0) is 5.60 Å². The summed E-state index contributed by atoms with van der Waals surface area (Å²) >= 11 is 2.56. The summed E-state index contributed by atoms with van der Waals surface area (Å²) < 4.78 is 0.796. The summed E-state index contributed by atoms with van der Waals surface area (Å²) in [4.78, 5) is 5.08. The van der Waals surface area contributed by atoms with Gasteiger partial charge >= 0.3 is 0 Å². The number of rotatable bonds is 2. The van der Waals surface area contributed by atoms with E-state index in [1.807, 2.05) is 6.92 Å². The minimum Gasteiger partial charge on any atom is -0.385 e. The summed E-state index contributed by atoms with van der Waals surface area (Å²) in [5, 5.41) is 15.1. The highest BCUT2D eigenvalue weighted by Crippen LogP contribution is 2.32. The Kier molecular flexibility index (Phi) is 2.77. The van der Waals surface area contributed by atoms with Gasteiger partial charge in [-0.3, -0.25) is 5.14 Å². The normalized spacial score (nSPS) is 12.1. The number of aromatic nitrogens is 1. The molecule has 0 atom stereocenters. The van der Waals surface area contributed by atoms with Gasteiger partial charge in [-0.05, 0) is 32.7 Å². The molecule has 0 saturated carbocycles. The maximum Gasteiger partial charge on any atom is 0.165 e. The third-order valence-corrected chi connectivity index (χ3v) is 3.53. The van der Waals surface area contributed by atoms with Crippen molar-refractivity contribution in [3.05, 3.63) is 10.6 Å². The van der Waals surface area contributed by atoms with Crippen molar-refractivity contribution >= 4 is 23.3 Å². The Labute approximate surface area is 80.1 Å². The van der Waals surface area contributed by atoms with Gasteiger partial charge in [0.1, 0.15) is 0 Å². The summed E-state index contributed by atoms with van der Waals surface area (Å²) in [5.41, 5.74) is 0.0517. The Morgan fingerprint density at radius 3 is 2.42 bits per heavy atom. The number of nitrogens with two attached hydrogens (primary N) is 1. The van der Waals surface area contributed by atoms with Crippen molar-refractivity contribution in [2.75, 3.05) is 0 Å².